The number of Topliss-reactive ketones (excluding diaryl/α,β-unsaturated/α-hetero) is 1. The van der Waals surface area contributed by atoms with Crippen LogP contribution in [0, 0.1) is 0 Å². The normalized spacial score (nSPS) is 15.7. The number of carbonyl (C=O) groups excluding carboxylic acids is 6. The number of aromatic nitrogens is 1. The number of anilines is 2. The minimum atomic E-state index is -3.78. The molecule has 2 N–H and O–H groups in total. The summed E-state index contributed by atoms with van der Waals surface area (Å²) in [6, 6.07) is 12.2. The molecule has 1 aliphatic rings. The largest absolute Gasteiger partial charge is 0.345 e. The van der Waals surface area contributed by atoms with E-state index in [1.807, 2.05) is 0 Å². The molecule has 0 fully saturated rings. The first kappa shape index (κ1) is 31.0. The molecule has 0 unspecified atom stereocenters. The molecule has 3 aromatic rings. The van der Waals surface area contributed by atoms with Crippen LogP contribution in [-0.4, -0.2) is 86.3 Å². The number of sulfone groups is 1. The molecule has 224 valence electrons. The smallest absolute Gasteiger partial charge is 0.271 e. The molecule has 2 heterocycles. The van der Waals surface area contributed by atoms with E-state index in [0.29, 0.717) is 11.7 Å². The summed E-state index contributed by atoms with van der Waals surface area (Å²) < 4.78 is 24.0. The molecule has 14 heteroatoms. The second kappa shape index (κ2) is 12.9. The Bertz CT molecular complexity index is 1720. The Kier molecular flexibility index (Phi) is 9.29. The number of ketones is 1. The Morgan fingerprint density at radius 1 is 1.05 bits per heavy atom. The highest BCUT2D eigenvalue weighted by atomic mass is 32.2. The van der Waals surface area contributed by atoms with Crippen molar-refractivity contribution in [2.75, 3.05) is 34.9 Å². The van der Waals surface area contributed by atoms with E-state index in [-0.39, 0.29) is 29.3 Å². The van der Waals surface area contributed by atoms with E-state index < -0.39 is 64.4 Å². The molecule has 2 atom stereocenters. The first-order valence-electron chi connectivity index (χ1n) is 13.1. The zero-order valence-corrected chi connectivity index (χ0v) is 24.2. The molecule has 0 radical (unpaired) electrons. The molecule has 4 rings (SSSR count). The van der Waals surface area contributed by atoms with E-state index in [9.17, 15) is 37.2 Å². The number of para-hydroxylation sites is 2. The first-order valence-corrected chi connectivity index (χ1v) is 15.2. The van der Waals surface area contributed by atoms with Gasteiger partial charge in [-0.3, -0.25) is 33.9 Å². The fourth-order valence-electron chi connectivity index (χ4n) is 4.76. The van der Waals surface area contributed by atoms with E-state index in [1.54, 1.807) is 42.5 Å². The van der Waals surface area contributed by atoms with Crippen molar-refractivity contribution in [3.05, 3.63) is 66.5 Å². The maximum absolute atomic E-state index is 14.0. The van der Waals surface area contributed by atoms with Crippen LogP contribution >= 0.6 is 0 Å². The van der Waals surface area contributed by atoms with E-state index >= 15 is 0 Å². The summed E-state index contributed by atoms with van der Waals surface area (Å²) >= 11 is 0. The van der Waals surface area contributed by atoms with Crippen LogP contribution in [-0.2, 0) is 33.8 Å². The van der Waals surface area contributed by atoms with E-state index in [0.717, 1.165) is 21.4 Å². The van der Waals surface area contributed by atoms with Crippen molar-refractivity contribution in [2.45, 2.75) is 25.4 Å². The van der Waals surface area contributed by atoms with Crippen LogP contribution in [0.15, 0.2) is 60.8 Å². The van der Waals surface area contributed by atoms with E-state index in [4.69, 9.17) is 0 Å². The molecule has 13 nitrogen and oxygen atoms in total. The molecule has 0 saturated heterocycles. The van der Waals surface area contributed by atoms with Gasteiger partial charge in [0.25, 0.3) is 11.8 Å². The topological polar surface area (TPSA) is 180 Å². The molecule has 2 aromatic carbocycles. The van der Waals surface area contributed by atoms with Crippen LogP contribution in [0.3, 0.4) is 0 Å². The van der Waals surface area contributed by atoms with Crippen LogP contribution in [0.2, 0.25) is 0 Å². The Labute approximate surface area is 247 Å². The van der Waals surface area contributed by atoms with E-state index in [2.05, 4.69) is 15.6 Å². The van der Waals surface area contributed by atoms with Crippen molar-refractivity contribution in [2.24, 2.45) is 0 Å². The zero-order valence-electron chi connectivity index (χ0n) is 23.3. The van der Waals surface area contributed by atoms with Crippen molar-refractivity contribution >= 4 is 67.7 Å². The minimum Gasteiger partial charge on any atom is -0.345 e. The number of nitrogens with one attached hydrogen (secondary N) is 2. The number of nitrogens with zero attached hydrogens (tertiary/aromatic N) is 3. The zero-order chi connectivity index (χ0) is 31.3. The van der Waals surface area contributed by atoms with Gasteiger partial charge in [0, 0.05) is 24.3 Å². The SMILES string of the molecule is CC(=O)C[C@@H](C=O)NC(=O)CN1C(=O)[C@@H](NC(=O)c2nccc3ccccc23)CN(C(=O)CS(C)(=O)=O)c2ccccc21. The minimum absolute atomic E-state index is 0.0176. The van der Waals surface area contributed by atoms with Gasteiger partial charge in [-0.1, -0.05) is 36.4 Å². The number of hydrogen-bond donors (Lipinski definition) is 2. The van der Waals surface area contributed by atoms with E-state index in [1.165, 1.54) is 25.3 Å². The standard InChI is InChI=1S/C29H29N5O8S/c1-18(36)13-20(16-35)31-25(37)15-34-24-10-6-5-9-23(24)33(26(38)17-43(2,41)42)14-22(29(34)40)32-28(39)27-21-8-4-3-7-19(21)11-12-30-27/h3-12,16,20,22H,13-15,17H2,1-2H3,(H,31,37)(H,32,39)/t20-,22-/m0/s1. The number of hydrogen-bond acceptors (Lipinski definition) is 9. The summed E-state index contributed by atoms with van der Waals surface area (Å²) in [4.78, 5) is 82.9. The summed E-state index contributed by atoms with van der Waals surface area (Å²) in [6.07, 6.45) is 2.49. The Morgan fingerprint density at radius 3 is 2.40 bits per heavy atom. The summed E-state index contributed by atoms with van der Waals surface area (Å²) in [6.45, 7) is 0.183. The number of carbonyl (C=O) groups is 6. The van der Waals surface area contributed by atoms with Gasteiger partial charge >= 0.3 is 0 Å². The second-order valence-electron chi connectivity index (χ2n) is 10.1. The number of fused-ring (bicyclic) bond motifs is 2. The lowest BCUT2D eigenvalue weighted by molar-refractivity contribution is -0.127. The number of aldehydes is 1. The second-order valence-corrected chi connectivity index (χ2v) is 12.3. The predicted molar refractivity (Wildman–Crippen MR) is 157 cm³/mol. The molecule has 1 aromatic heterocycles. The highest BCUT2D eigenvalue weighted by Crippen LogP contribution is 2.33. The van der Waals surface area contributed by atoms with Gasteiger partial charge in [-0.2, -0.15) is 0 Å². The van der Waals surface area contributed by atoms with Crippen LogP contribution in [0.1, 0.15) is 23.8 Å². The highest BCUT2D eigenvalue weighted by molar-refractivity contribution is 7.91. The lowest BCUT2D eigenvalue weighted by atomic mass is 10.1. The van der Waals surface area contributed by atoms with Crippen molar-refractivity contribution in [3.8, 4) is 0 Å². The number of rotatable bonds is 10. The molecule has 1 aliphatic heterocycles. The Balaban J connectivity index is 1.73. The van der Waals surface area contributed by atoms with Gasteiger partial charge in [-0.25, -0.2) is 8.42 Å². The van der Waals surface area contributed by atoms with Gasteiger partial charge in [-0.05, 0) is 30.5 Å². The predicted octanol–water partition coefficient (Wildman–Crippen LogP) is 0.420. The summed E-state index contributed by atoms with van der Waals surface area (Å²) in [5.74, 6) is -4.34. The molecule has 0 bridgehead atoms. The molecule has 43 heavy (non-hydrogen) atoms. The lowest BCUT2D eigenvalue weighted by Gasteiger charge is -2.25. The van der Waals surface area contributed by atoms with Crippen molar-refractivity contribution < 1.29 is 37.2 Å². The van der Waals surface area contributed by atoms with Crippen LogP contribution in [0.25, 0.3) is 10.8 Å². The van der Waals surface area contributed by atoms with Crippen molar-refractivity contribution in [1.29, 1.82) is 0 Å². The van der Waals surface area contributed by atoms with Crippen LogP contribution in [0.4, 0.5) is 11.4 Å². The fourth-order valence-corrected chi connectivity index (χ4v) is 5.37. The van der Waals surface area contributed by atoms with Crippen LogP contribution in [0.5, 0.6) is 0 Å². The number of benzene rings is 2. The van der Waals surface area contributed by atoms with Gasteiger partial charge in [-0.15, -0.1) is 0 Å². The number of pyridine rings is 1. The van der Waals surface area contributed by atoms with Crippen molar-refractivity contribution in [3.63, 3.8) is 0 Å². The summed E-state index contributed by atoms with van der Waals surface area (Å²) in [7, 11) is -3.78. The maximum Gasteiger partial charge on any atom is 0.271 e. The van der Waals surface area contributed by atoms with Crippen LogP contribution < -0.4 is 20.4 Å². The third-order valence-electron chi connectivity index (χ3n) is 6.59. The first-order chi connectivity index (χ1) is 20.4. The third-order valence-corrected chi connectivity index (χ3v) is 7.36. The highest BCUT2D eigenvalue weighted by Gasteiger charge is 2.38. The van der Waals surface area contributed by atoms with Gasteiger partial charge < -0.3 is 20.3 Å². The molecular weight excluding hydrogens is 578 g/mol. The fraction of sp³-hybridized carbons (Fsp3) is 0.276. The third kappa shape index (κ3) is 7.46. The molecule has 4 amide bonds. The lowest BCUT2D eigenvalue weighted by Crippen LogP contribution is -2.55. The maximum atomic E-state index is 14.0. The van der Waals surface area contributed by atoms with Gasteiger partial charge in [0.1, 0.15) is 36.1 Å². The van der Waals surface area contributed by atoms with Gasteiger partial charge in [0.05, 0.1) is 24.0 Å². The Hall–Kier alpha value is -4.98. The van der Waals surface area contributed by atoms with Gasteiger partial charge in [0.2, 0.25) is 11.8 Å². The average molecular weight is 608 g/mol. The van der Waals surface area contributed by atoms with Gasteiger partial charge in [0.15, 0.2) is 9.84 Å². The summed E-state index contributed by atoms with van der Waals surface area (Å²) in [5, 5.41) is 6.25. The molecule has 0 spiro atoms. The Morgan fingerprint density at radius 2 is 1.72 bits per heavy atom. The average Bonchev–Trinajstić information content (AvgIpc) is 3.06. The molecular formula is C29H29N5O8S. The molecule has 0 saturated carbocycles. The molecule has 0 aliphatic carbocycles. The monoisotopic (exact) mass is 607 g/mol. The quantitative estimate of drug-likeness (QED) is 0.309. The number of amides is 4. The van der Waals surface area contributed by atoms with Crippen molar-refractivity contribution in [1.82, 2.24) is 15.6 Å². The summed E-state index contributed by atoms with van der Waals surface area (Å²) in [5.41, 5.74) is 0.246.